The summed E-state index contributed by atoms with van der Waals surface area (Å²) in [5, 5.41) is 6.80. The second-order valence-electron chi connectivity index (χ2n) is 7.83. The Bertz CT molecular complexity index is 1130. The lowest BCUT2D eigenvalue weighted by Crippen LogP contribution is -2.48. The SMILES string of the molecule is CC(C)CC(C(=O)Nc1nccc(-c2cnn(C)c2)n1)N1C(=O)c2ccccc2C1=O. The van der Waals surface area contributed by atoms with Gasteiger partial charge in [-0.15, -0.1) is 0 Å². The molecule has 0 saturated heterocycles. The molecule has 0 fully saturated rings. The zero-order valence-electron chi connectivity index (χ0n) is 17.4. The van der Waals surface area contributed by atoms with Crippen molar-refractivity contribution in [3.05, 3.63) is 60.0 Å². The van der Waals surface area contributed by atoms with Crippen molar-refractivity contribution in [3.63, 3.8) is 0 Å². The summed E-state index contributed by atoms with van der Waals surface area (Å²) in [6, 6.07) is 7.33. The molecular formula is C22H22N6O3. The lowest BCUT2D eigenvalue weighted by atomic mass is 10.0. The molecule has 9 nitrogen and oxygen atoms in total. The number of benzene rings is 1. The molecule has 1 aliphatic rings. The first-order valence-corrected chi connectivity index (χ1v) is 9.95. The summed E-state index contributed by atoms with van der Waals surface area (Å²) in [6.07, 6.45) is 5.31. The number of hydrogen-bond donors (Lipinski definition) is 1. The molecule has 4 rings (SSSR count). The van der Waals surface area contributed by atoms with Gasteiger partial charge >= 0.3 is 0 Å². The highest BCUT2D eigenvalue weighted by Crippen LogP contribution is 2.27. The minimum Gasteiger partial charge on any atom is -0.293 e. The van der Waals surface area contributed by atoms with Gasteiger partial charge in [0.2, 0.25) is 11.9 Å². The number of nitrogens with zero attached hydrogens (tertiary/aromatic N) is 5. The maximum atomic E-state index is 13.2. The van der Waals surface area contributed by atoms with Crippen LogP contribution in [0.5, 0.6) is 0 Å². The Kier molecular flexibility index (Phi) is 5.33. The summed E-state index contributed by atoms with van der Waals surface area (Å²) in [7, 11) is 1.80. The molecule has 3 amide bonds. The summed E-state index contributed by atoms with van der Waals surface area (Å²) in [4.78, 5) is 48.5. The minimum atomic E-state index is -0.974. The van der Waals surface area contributed by atoms with Crippen molar-refractivity contribution >= 4 is 23.7 Å². The van der Waals surface area contributed by atoms with Crippen molar-refractivity contribution in [2.45, 2.75) is 26.3 Å². The third-order valence-electron chi connectivity index (χ3n) is 5.03. The molecule has 0 aliphatic carbocycles. The molecule has 1 N–H and O–H groups in total. The molecule has 158 valence electrons. The first-order valence-electron chi connectivity index (χ1n) is 9.95. The van der Waals surface area contributed by atoms with Gasteiger partial charge in [0.1, 0.15) is 6.04 Å². The van der Waals surface area contributed by atoms with E-state index in [-0.39, 0.29) is 11.9 Å². The number of aromatic nitrogens is 4. The van der Waals surface area contributed by atoms with E-state index < -0.39 is 23.8 Å². The fourth-order valence-corrected chi connectivity index (χ4v) is 3.59. The van der Waals surface area contributed by atoms with Crippen LogP contribution in [0.2, 0.25) is 0 Å². The van der Waals surface area contributed by atoms with Gasteiger partial charge in [-0.3, -0.25) is 29.3 Å². The zero-order chi connectivity index (χ0) is 22.1. The van der Waals surface area contributed by atoms with E-state index in [2.05, 4.69) is 20.4 Å². The summed E-state index contributed by atoms with van der Waals surface area (Å²) in [6.45, 7) is 3.86. The number of nitrogens with one attached hydrogen (secondary N) is 1. The van der Waals surface area contributed by atoms with E-state index in [1.54, 1.807) is 54.5 Å². The van der Waals surface area contributed by atoms with E-state index in [1.807, 2.05) is 13.8 Å². The standard InChI is InChI=1S/C22H22N6O3/c1-13(2)10-18(28-20(30)15-6-4-5-7-16(15)21(28)31)19(29)26-22-23-9-8-17(25-22)14-11-24-27(3)12-14/h4-9,11-13,18H,10H2,1-3H3,(H,23,25,26,29). The number of hydrogen-bond acceptors (Lipinski definition) is 6. The highest BCUT2D eigenvalue weighted by atomic mass is 16.2. The van der Waals surface area contributed by atoms with Crippen LogP contribution in [0.3, 0.4) is 0 Å². The lowest BCUT2D eigenvalue weighted by molar-refractivity contribution is -0.120. The van der Waals surface area contributed by atoms with Gasteiger partial charge in [-0.2, -0.15) is 5.10 Å². The summed E-state index contributed by atoms with van der Waals surface area (Å²) in [5.74, 6) is -1.27. The van der Waals surface area contributed by atoms with Crippen molar-refractivity contribution < 1.29 is 14.4 Å². The van der Waals surface area contributed by atoms with Crippen LogP contribution in [-0.4, -0.2) is 48.4 Å². The van der Waals surface area contributed by atoms with Gasteiger partial charge in [-0.1, -0.05) is 26.0 Å². The Hall–Kier alpha value is -3.88. The van der Waals surface area contributed by atoms with Crippen LogP contribution in [0.25, 0.3) is 11.3 Å². The highest BCUT2D eigenvalue weighted by molar-refractivity contribution is 6.23. The van der Waals surface area contributed by atoms with Gasteiger partial charge in [-0.25, -0.2) is 9.97 Å². The summed E-state index contributed by atoms with van der Waals surface area (Å²) >= 11 is 0. The van der Waals surface area contributed by atoms with Crippen LogP contribution >= 0.6 is 0 Å². The van der Waals surface area contributed by atoms with Crippen molar-refractivity contribution in [2.24, 2.45) is 13.0 Å². The molecule has 0 spiro atoms. The van der Waals surface area contributed by atoms with Crippen LogP contribution in [0.1, 0.15) is 41.0 Å². The van der Waals surface area contributed by atoms with E-state index >= 15 is 0 Å². The molecule has 0 bridgehead atoms. The third kappa shape index (κ3) is 3.94. The number of aryl methyl sites for hydroxylation is 1. The first-order chi connectivity index (χ1) is 14.8. The summed E-state index contributed by atoms with van der Waals surface area (Å²) < 4.78 is 1.65. The van der Waals surface area contributed by atoms with Gasteiger partial charge in [0.05, 0.1) is 23.0 Å². The number of amides is 3. The maximum Gasteiger partial charge on any atom is 0.262 e. The second kappa shape index (κ2) is 8.10. The molecule has 1 unspecified atom stereocenters. The summed E-state index contributed by atoms with van der Waals surface area (Å²) in [5.41, 5.74) is 1.99. The predicted molar refractivity (Wildman–Crippen MR) is 113 cm³/mol. The van der Waals surface area contributed by atoms with Gasteiger partial charge in [0.25, 0.3) is 11.8 Å². The predicted octanol–water partition coefficient (Wildman–Crippen LogP) is 2.53. The number of carbonyl (C=O) groups excluding carboxylic acids is 3. The van der Waals surface area contributed by atoms with Crippen LogP contribution in [0.15, 0.2) is 48.9 Å². The van der Waals surface area contributed by atoms with E-state index in [9.17, 15) is 14.4 Å². The quantitative estimate of drug-likeness (QED) is 0.616. The van der Waals surface area contributed by atoms with Crippen molar-refractivity contribution in [1.82, 2.24) is 24.6 Å². The van der Waals surface area contributed by atoms with Crippen molar-refractivity contribution in [1.29, 1.82) is 0 Å². The van der Waals surface area contributed by atoms with Crippen LogP contribution in [-0.2, 0) is 11.8 Å². The minimum absolute atomic E-state index is 0.0720. The Labute approximate surface area is 179 Å². The van der Waals surface area contributed by atoms with Crippen LogP contribution < -0.4 is 5.32 Å². The Morgan fingerprint density at radius 1 is 1.10 bits per heavy atom. The largest absolute Gasteiger partial charge is 0.293 e. The molecule has 1 aliphatic heterocycles. The Morgan fingerprint density at radius 3 is 2.35 bits per heavy atom. The van der Waals surface area contributed by atoms with Crippen molar-refractivity contribution in [2.75, 3.05) is 5.32 Å². The topological polar surface area (TPSA) is 110 Å². The number of carbonyl (C=O) groups is 3. The van der Waals surface area contributed by atoms with Crippen LogP contribution in [0.4, 0.5) is 5.95 Å². The lowest BCUT2D eigenvalue weighted by Gasteiger charge is -2.26. The molecule has 1 atom stereocenters. The normalized spacial score (nSPS) is 14.1. The van der Waals surface area contributed by atoms with E-state index in [4.69, 9.17) is 0 Å². The van der Waals surface area contributed by atoms with Crippen LogP contribution in [0, 0.1) is 5.92 Å². The number of anilines is 1. The van der Waals surface area contributed by atoms with E-state index in [0.29, 0.717) is 23.2 Å². The molecular weight excluding hydrogens is 396 g/mol. The van der Waals surface area contributed by atoms with E-state index in [0.717, 1.165) is 10.5 Å². The van der Waals surface area contributed by atoms with Gasteiger partial charge in [-0.05, 0) is 30.5 Å². The molecule has 3 aromatic rings. The second-order valence-corrected chi connectivity index (χ2v) is 7.83. The first kappa shape index (κ1) is 20.4. The molecule has 9 heteroatoms. The Balaban J connectivity index is 1.60. The molecule has 31 heavy (non-hydrogen) atoms. The van der Waals surface area contributed by atoms with Gasteiger partial charge in [0.15, 0.2) is 0 Å². The number of rotatable bonds is 6. The molecule has 0 saturated carbocycles. The highest BCUT2D eigenvalue weighted by Gasteiger charge is 2.42. The number of imide groups is 1. The molecule has 0 radical (unpaired) electrons. The third-order valence-corrected chi connectivity index (χ3v) is 5.03. The fraction of sp³-hybridized carbons (Fsp3) is 0.273. The molecule has 1 aromatic carbocycles. The van der Waals surface area contributed by atoms with Crippen molar-refractivity contribution in [3.8, 4) is 11.3 Å². The maximum absolute atomic E-state index is 13.2. The molecule has 3 heterocycles. The average Bonchev–Trinajstić information content (AvgIpc) is 3.28. The smallest absolute Gasteiger partial charge is 0.262 e. The number of fused-ring (bicyclic) bond motifs is 1. The Morgan fingerprint density at radius 2 is 1.77 bits per heavy atom. The van der Waals surface area contributed by atoms with Gasteiger partial charge < -0.3 is 0 Å². The monoisotopic (exact) mass is 418 g/mol. The molecule has 2 aromatic heterocycles. The van der Waals surface area contributed by atoms with Gasteiger partial charge in [0, 0.05) is 25.0 Å². The fourth-order valence-electron chi connectivity index (χ4n) is 3.59. The van der Waals surface area contributed by atoms with E-state index in [1.165, 1.54) is 6.20 Å². The zero-order valence-corrected chi connectivity index (χ0v) is 17.4. The average molecular weight is 418 g/mol.